The molecule has 1 aliphatic heterocycles. The Bertz CT molecular complexity index is 573. The maximum Gasteiger partial charge on any atom is 0.225 e. The molecule has 1 unspecified atom stereocenters. The zero-order chi connectivity index (χ0) is 13.1. The summed E-state index contributed by atoms with van der Waals surface area (Å²) in [5.74, 6) is 1.34. The second kappa shape index (κ2) is 5.36. The number of nitrogens with zero attached hydrogens (tertiary/aromatic N) is 3. The van der Waals surface area contributed by atoms with Crippen LogP contribution in [0, 0.1) is 5.92 Å². The number of carbonyl (C=O) groups excluding carboxylic acids is 1. The maximum absolute atomic E-state index is 11.9. The summed E-state index contributed by atoms with van der Waals surface area (Å²) in [5.41, 5.74) is 0.734. The lowest BCUT2D eigenvalue weighted by molar-refractivity contribution is -0.116. The molecule has 0 bridgehead atoms. The van der Waals surface area contributed by atoms with E-state index >= 15 is 0 Å². The van der Waals surface area contributed by atoms with Gasteiger partial charge in [0, 0.05) is 18.7 Å². The lowest BCUT2D eigenvalue weighted by Gasteiger charge is -2.09. The Kier molecular flexibility index (Phi) is 3.41. The minimum absolute atomic E-state index is 0.0369. The van der Waals surface area contributed by atoms with Gasteiger partial charge in [0.2, 0.25) is 5.91 Å². The van der Waals surface area contributed by atoms with E-state index in [-0.39, 0.29) is 5.91 Å². The van der Waals surface area contributed by atoms with Gasteiger partial charge in [0.15, 0.2) is 5.65 Å². The van der Waals surface area contributed by atoms with Crippen molar-refractivity contribution in [3.8, 4) is 0 Å². The number of aromatic nitrogens is 3. The van der Waals surface area contributed by atoms with E-state index in [0.717, 1.165) is 25.2 Å². The summed E-state index contributed by atoms with van der Waals surface area (Å²) in [7, 11) is 0. The van der Waals surface area contributed by atoms with Crippen molar-refractivity contribution in [1.29, 1.82) is 0 Å². The largest absolute Gasteiger partial charge is 0.316 e. The third kappa shape index (κ3) is 2.73. The van der Waals surface area contributed by atoms with Gasteiger partial charge in [-0.05, 0) is 37.9 Å². The molecule has 2 N–H and O–H groups in total. The Morgan fingerprint density at radius 1 is 1.47 bits per heavy atom. The zero-order valence-corrected chi connectivity index (χ0v) is 10.7. The molecule has 3 rings (SSSR count). The first-order chi connectivity index (χ1) is 9.33. The van der Waals surface area contributed by atoms with Crippen molar-refractivity contribution < 1.29 is 4.79 Å². The van der Waals surface area contributed by atoms with Crippen molar-refractivity contribution in [2.75, 3.05) is 18.4 Å². The molecule has 1 amide bonds. The number of rotatable bonds is 4. The second-order valence-electron chi connectivity index (χ2n) is 4.88. The van der Waals surface area contributed by atoms with Crippen molar-refractivity contribution in [2.45, 2.75) is 19.3 Å². The van der Waals surface area contributed by atoms with E-state index in [1.54, 1.807) is 29.0 Å². The number of amides is 1. The fraction of sp³-hybridized carbons (Fsp3) is 0.462. The standard InChI is InChI=1S/C13H17N5O/c19-13(2-1-10-3-6-14-9-10)17-12-4-7-15-11-5-8-16-18(11)12/h4-5,7-8,10,14H,1-3,6,9H2,(H,17,19). The Balaban J connectivity index is 1.60. The first-order valence-corrected chi connectivity index (χ1v) is 6.62. The SMILES string of the molecule is O=C(CCC1CCNC1)Nc1ccnc2ccnn12. The van der Waals surface area contributed by atoms with E-state index < -0.39 is 0 Å². The van der Waals surface area contributed by atoms with Gasteiger partial charge in [-0.3, -0.25) is 4.79 Å². The van der Waals surface area contributed by atoms with Gasteiger partial charge < -0.3 is 10.6 Å². The molecule has 0 aliphatic carbocycles. The molecule has 1 atom stereocenters. The highest BCUT2D eigenvalue weighted by atomic mass is 16.1. The van der Waals surface area contributed by atoms with Crippen LogP contribution in [0.5, 0.6) is 0 Å². The molecule has 1 aliphatic rings. The molecule has 19 heavy (non-hydrogen) atoms. The highest BCUT2D eigenvalue weighted by molar-refractivity contribution is 5.90. The lowest BCUT2D eigenvalue weighted by atomic mass is 10.0. The average Bonchev–Trinajstić information content (AvgIpc) is 3.08. The van der Waals surface area contributed by atoms with Gasteiger partial charge in [-0.1, -0.05) is 0 Å². The molecule has 0 saturated carbocycles. The summed E-state index contributed by atoms with van der Waals surface area (Å²) in [4.78, 5) is 16.1. The molecule has 6 heteroatoms. The molecule has 0 spiro atoms. The van der Waals surface area contributed by atoms with Crippen molar-refractivity contribution in [3.63, 3.8) is 0 Å². The van der Waals surface area contributed by atoms with Crippen LogP contribution in [0.25, 0.3) is 5.65 Å². The monoisotopic (exact) mass is 259 g/mol. The van der Waals surface area contributed by atoms with E-state index in [9.17, 15) is 4.79 Å². The van der Waals surface area contributed by atoms with Gasteiger partial charge >= 0.3 is 0 Å². The van der Waals surface area contributed by atoms with Gasteiger partial charge in [0.25, 0.3) is 0 Å². The average molecular weight is 259 g/mol. The maximum atomic E-state index is 11.9. The minimum atomic E-state index is 0.0369. The summed E-state index contributed by atoms with van der Waals surface area (Å²) in [6, 6.07) is 3.56. The first-order valence-electron chi connectivity index (χ1n) is 6.62. The Morgan fingerprint density at radius 2 is 2.42 bits per heavy atom. The molecular formula is C13H17N5O. The third-order valence-corrected chi connectivity index (χ3v) is 3.50. The smallest absolute Gasteiger partial charge is 0.225 e. The van der Waals surface area contributed by atoms with Gasteiger partial charge in [-0.25, -0.2) is 4.98 Å². The number of nitrogens with one attached hydrogen (secondary N) is 2. The normalized spacial score (nSPS) is 18.8. The molecule has 2 aromatic rings. The molecule has 1 fully saturated rings. The van der Waals surface area contributed by atoms with Crippen LogP contribution in [0.15, 0.2) is 24.5 Å². The Morgan fingerprint density at radius 3 is 3.26 bits per heavy atom. The van der Waals surface area contributed by atoms with Crippen LogP contribution < -0.4 is 10.6 Å². The number of hydrogen-bond acceptors (Lipinski definition) is 4. The van der Waals surface area contributed by atoms with Gasteiger partial charge in [0.1, 0.15) is 5.82 Å². The number of anilines is 1. The van der Waals surface area contributed by atoms with Gasteiger partial charge in [0.05, 0.1) is 6.20 Å². The van der Waals surface area contributed by atoms with Crippen LogP contribution in [-0.2, 0) is 4.79 Å². The lowest BCUT2D eigenvalue weighted by Crippen LogP contribution is -2.16. The topological polar surface area (TPSA) is 71.3 Å². The van der Waals surface area contributed by atoms with E-state index in [4.69, 9.17) is 0 Å². The fourth-order valence-electron chi connectivity index (χ4n) is 2.43. The van der Waals surface area contributed by atoms with E-state index in [1.165, 1.54) is 6.42 Å². The Labute approximate surface area is 111 Å². The van der Waals surface area contributed by atoms with E-state index in [2.05, 4.69) is 20.7 Å². The minimum Gasteiger partial charge on any atom is -0.316 e. The number of carbonyl (C=O) groups is 1. The fourth-order valence-corrected chi connectivity index (χ4v) is 2.43. The van der Waals surface area contributed by atoms with Crippen molar-refractivity contribution >= 4 is 17.4 Å². The molecule has 2 aromatic heterocycles. The van der Waals surface area contributed by atoms with Crippen molar-refractivity contribution in [3.05, 3.63) is 24.5 Å². The molecule has 100 valence electrons. The second-order valence-corrected chi connectivity index (χ2v) is 4.88. The summed E-state index contributed by atoms with van der Waals surface area (Å²) < 4.78 is 1.63. The highest BCUT2D eigenvalue weighted by Crippen LogP contribution is 2.15. The Hall–Kier alpha value is -1.95. The van der Waals surface area contributed by atoms with Crippen molar-refractivity contribution in [1.82, 2.24) is 19.9 Å². The first kappa shape index (κ1) is 12.1. The van der Waals surface area contributed by atoms with Gasteiger partial charge in [-0.15, -0.1) is 0 Å². The zero-order valence-electron chi connectivity index (χ0n) is 10.7. The van der Waals surface area contributed by atoms with Crippen LogP contribution in [0.4, 0.5) is 5.82 Å². The van der Waals surface area contributed by atoms with Crippen LogP contribution in [0.1, 0.15) is 19.3 Å². The van der Waals surface area contributed by atoms with E-state index in [0.29, 0.717) is 18.2 Å². The third-order valence-electron chi connectivity index (χ3n) is 3.50. The summed E-state index contributed by atoms with van der Waals surface area (Å²) in [6.45, 7) is 2.11. The summed E-state index contributed by atoms with van der Waals surface area (Å²) in [5, 5.41) is 10.3. The molecule has 0 radical (unpaired) electrons. The molecule has 6 nitrogen and oxygen atoms in total. The van der Waals surface area contributed by atoms with Gasteiger partial charge in [-0.2, -0.15) is 9.61 Å². The molecular weight excluding hydrogens is 242 g/mol. The summed E-state index contributed by atoms with van der Waals surface area (Å²) >= 11 is 0. The highest BCUT2D eigenvalue weighted by Gasteiger charge is 2.16. The van der Waals surface area contributed by atoms with Crippen LogP contribution in [0.2, 0.25) is 0 Å². The molecule has 0 aromatic carbocycles. The molecule has 3 heterocycles. The molecule has 1 saturated heterocycles. The number of fused-ring (bicyclic) bond motifs is 1. The van der Waals surface area contributed by atoms with Crippen LogP contribution >= 0.6 is 0 Å². The summed E-state index contributed by atoms with van der Waals surface area (Å²) in [6.07, 6.45) is 6.01. The van der Waals surface area contributed by atoms with E-state index in [1.807, 2.05) is 0 Å². The predicted molar refractivity (Wildman–Crippen MR) is 71.8 cm³/mol. The predicted octanol–water partition coefficient (Wildman–Crippen LogP) is 1.06. The van der Waals surface area contributed by atoms with Crippen molar-refractivity contribution in [2.24, 2.45) is 5.92 Å². The number of hydrogen-bond donors (Lipinski definition) is 2. The quantitative estimate of drug-likeness (QED) is 0.861. The van der Waals surface area contributed by atoms with Crippen LogP contribution in [0.3, 0.4) is 0 Å². The van der Waals surface area contributed by atoms with Crippen LogP contribution in [-0.4, -0.2) is 33.6 Å².